The fourth-order valence-electron chi connectivity index (χ4n) is 2.82. The van der Waals surface area contributed by atoms with E-state index in [1.54, 1.807) is 30.3 Å². The Bertz CT molecular complexity index is 1290. The number of carboxylic acid groups (broad SMARTS) is 2. The Hall–Kier alpha value is -4.08. The Balaban J connectivity index is 0.000000709. The maximum absolute atomic E-state index is 12.3. The smallest absolute Gasteiger partial charge is 0.453 e. The van der Waals surface area contributed by atoms with Gasteiger partial charge in [0.25, 0.3) is 5.69 Å². The average Bonchev–Trinajstić information content (AvgIpc) is 2.76. The summed E-state index contributed by atoms with van der Waals surface area (Å²) < 4.78 is 5.81. The van der Waals surface area contributed by atoms with Gasteiger partial charge in [-0.1, -0.05) is 35.3 Å². The zero-order chi connectivity index (χ0) is 24.1. The molecule has 0 unspecified atom stereocenters. The van der Waals surface area contributed by atoms with Crippen LogP contribution in [-0.2, 0) is 0 Å². The van der Waals surface area contributed by atoms with Crippen molar-refractivity contribution in [3.63, 3.8) is 0 Å². The summed E-state index contributed by atoms with van der Waals surface area (Å²) in [5, 5.41) is 28.8. The number of nitro groups is 1. The van der Waals surface area contributed by atoms with Gasteiger partial charge in [0.1, 0.15) is 0 Å². The first-order valence-electron chi connectivity index (χ1n) is 9.11. The molecule has 0 bridgehead atoms. The van der Waals surface area contributed by atoms with Crippen LogP contribution in [0.4, 0.5) is 21.9 Å². The van der Waals surface area contributed by atoms with Crippen LogP contribution in [0.5, 0.6) is 11.5 Å². The third-order valence-electron chi connectivity index (χ3n) is 4.30. The minimum Gasteiger partial charge on any atom is -0.453 e. The molecule has 0 aromatic heterocycles. The molecule has 11 heteroatoms. The molecular formula is C22H14Cl2N2O7. The zero-order valence-corrected chi connectivity index (χ0v) is 18.0. The summed E-state index contributed by atoms with van der Waals surface area (Å²) in [6, 6.07) is 14.4. The number of rotatable bonds is 4. The molecule has 0 radical (unpaired) electrons. The molecule has 33 heavy (non-hydrogen) atoms. The van der Waals surface area contributed by atoms with Crippen molar-refractivity contribution < 1.29 is 29.5 Å². The molecule has 9 nitrogen and oxygen atoms in total. The Morgan fingerprint density at radius 3 is 2.21 bits per heavy atom. The molecule has 0 spiro atoms. The number of non-ortho nitro benzene ring substituents is 1. The molecule has 3 aromatic rings. The quantitative estimate of drug-likeness (QED) is 0.122. The number of ether oxygens (including phenoxy) is 1. The Morgan fingerprint density at radius 2 is 1.58 bits per heavy atom. The van der Waals surface area contributed by atoms with Crippen molar-refractivity contribution in [3.05, 3.63) is 92.0 Å². The van der Waals surface area contributed by atoms with E-state index in [1.807, 2.05) is 12.1 Å². The first kappa shape index (κ1) is 23.6. The molecule has 0 aliphatic carbocycles. The lowest BCUT2D eigenvalue weighted by Crippen LogP contribution is -2.03. The predicted octanol–water partition coefficient (Wildman–Crippen LogP) is 6.87. The van der Waals surface area contributed by atoms with E-state index in [1.165, 1.54) is 24.3 Å². The van der Waals surface area contributed by atoms with Gasteiger partial charge in [-0.25, -0.2) is 4.79 Å². The second-order valence-electron chi connectivity index (χ2n) is 6.53. The van der Waals surface area contributed by atoms with E-state index in [9.17, 15) is 14.9 Å². The minimum absolute atomic E-state index is 0.0581. The summed E-state index contributed by atoms with van der Waals surface area (Å²) in [5.41, 5.74) is 2.46. The zero-order valence-electron chi connectivity index (χ0n) is 16.5. The highest BCUT2D eigenvalue weighted by molar-refractivity contribution is 6.42. The predicted molar refractivity (Wildman–Crippen MR) is 123 cm³/mol. The van der Waals surface area contributed by atoms with Crippen LogP contribution in [0, 0.1) is 10.1 Å². The van der Waals surface area contributed by atoms with Gasteiger partial charge in [-0.3, -0.25) is 14.9 Å². The van der Waals surface area contributed by atoms with Gasteiger partial charge in [0.15, 0.2) is 17.3 Å². The lowest BCUT2D eigenvalue weighted by molar-refractivity contribution is -0.384. The number of hydrogen-bond acceptors (Lipinski definition) is 6. The highest BCUT2D eigenvalue weighted by atomic mass is 35.5. The second kappa shape index (κ2) is 10.0. The number of nitrogens with one attached hydrogen (secondary N) is 1. The maximum atomic E-state index is 12.3. The van der Waals surface area contributed by atoms with Gasteiger partial charge in [-0.05, 0) is 48.0 Å². The van der Waals surface area contributed by atoms with Crippen LogP contribution in [0.3, 0.4) is 0 Å². The van der Waals surface area contributed by atoms with Crippen LogP contribution in [0.25, 0.3) is 6.08 Å². The maximum Gasteiger partial charge on any atom is 0.503 e. The highest BCUT2D eigenvalue weighted by Gasteiger charge is 2.19. The van der Waals surface area contributed by atoms with E-state index in [2.05, 4.69) is 5.32 Å². The van der Waals surface area contributed by atoms with Crippen molar-refractivity contribution >= 4 is 58.3 Å². The minimum atomic E-state index is -1.83. The summed E-state index contributed by atoms with van der Waals surface area (Å²) >= 11 is 11.8. The van der Waals surface area contributed by atoms with Crippen LogP contribution < -0.4 is 10.1 Å². The van der Waals surface area contributed by atoms with E-state index >= 15 is 0 Å². The van der Waals surface area contributed by atoms with Crippen molar-refractivity contribution in [1.29, 1.82) is 0 Å². The molecule has 3 N–H and O–H groups in total. The van der Waals surface area contributed by atoms with Gasteiger partial charge in [-0.15, -0.1) is 0 Å². The fraction of sp³-hybridized carbons (Fsp3) is 0. The largest absolute Gasteiger partial charge is 0.503 e. The van der Waals surface area contributed by atoms with Gasteiger partial charge in [-0.2, -0.15) is 0 Å². The number of ketones is 1. The fourth-order valence-corrected chi connectivity index (χ4v) is 3.12. The van der Waals surface area contributed by atoms with Gasteiger partial charge in [0.2, 0.25) is 0 Å². The third kappa shape index (κ3) is 6.00. The topological polar surface area (TPSA) is 139 Å². The summed E-state index contributed by atoms with van der Waals surface area (Å²) in [5.74, 6) is 0.642. The monoisotopic (exact) mass is 488 g/mol. The van der Waals surface area contributed by atoms with Crippen molar-refractivity contribution in [2.45, 2.75) is 0 Å². The van der Waals surface area contributed by atoms with Crippen LogP contribution in [0.1, 0.15) is 15.9 Å². The molecule has 0 fully saturated rings. The normalized spacial score (nSPS) is 11.2. The van der Waals surface area contributed by atoms with Crippen LogP contribution >= 0.6 is 23.2 Å². The molecule has 1 aliphatic rings. The summed E-state index contributed by atoms with van der Waals surface area (Å²) in [6.45, 7) is 0. The second-order valence-corrected chi connectivity index (χ2v) is 7.34. The van der Waals surface area contributed by atoms with Gasteiger partial charge in [0.05, 0.1) is 32.4 Å². The third-order valence-corrected chi connectivity index (χ3v) is 5.04. The number of halogens is 2. The van der Waals surface area contributed by atoms with Crippen LogP contribution in [-0.4, -0.2) is 27.1 Å². The van der Waals surface area contributed by atoms with Crippen molar-refractivity contribution in [2.75, 3.05) is 5.32 Å². The van der Waals surface area contributed by atoms with Crippen molar-refractivity contribution in [3.8, 4) is 11.5 Å². The van der Waals surface area contributed by atoms with E-state index < -0.39 is 11.1 Å². The van der Waals surface area contributed by atoms with E-state index in [0.29, 0.717) is 32.8 Å². The Morgan fingerprint density at radius 1 is 0.939 bits per heavy atom. The molecule has 0 saturated carbocycles. The first-order valence-corrected chi connectivity index (χ1v) is 9.86. The van der Waals surface area contributed by atoms with Crippen LogP contribution in [0.2, 0.25) is 10.0 Å². The molecule has 0 atom stereocenters. The lowest BCUT2D eigenvalue weighted by atomic mass is 10.1. The number of carbonyl (C=O) groups is 2. The summed E-state index contributed by atoms with van der Waals surface area (Å²) in [6.07, 6.45) is 1.24. The average molecular weight is 489 g/mol. The molecule has 0 saturated heterocycles. The standard InChI is InChI=1S/C21H12Cl2N2O4.CH2O3/c22-15-5-3-13(10-16(15)23)19(26)8-2-12-1-6-17-20(9-12)29-21-11-14(25(27)28)4-7-18(21)24-17;2-1(3)4/h1-11,24H;(H2,2,3,4). The summed E-state index contributed by atoms with van der Waals surface area (Å²) in [4.78, 5) is 31.4. The molecule has 4 rings (SSSR count). The van der Waals surface area contributed by atoms with Crippen molar-refractivity contribution in [2.24, 2.45) is 0 Å². The Labute approximate surface area is 196 Å². The lowest BCUT2D eigenvalue weighted by Gasteiger charge is -2.21. The van der Waals surface area contributed by atoms with Gasteiger partial charge < -0.3 is 20.3 Å². The van der Waals surface area contributed by atoms with Gasteiger partial charge >= 0.3 is 6.16 Å². The number of benzene rings is 3. The SMILES string of the molecule is O=C(C=Cc1ccc2c(c1)Oc1cc([N+](=O)[O-])ccc1N2)c1ccc(Cl)c(Cl)c1.O=C(O)O. The number of nitrogens with zero attached hydrogens (tertiary/aromatic N) is 1. The number of fused-ring (bicyclic) bond motifs is 2. The molecule has 0 amide bonds. The molecule has 1 heterocycles. The number of carbonyl (C=O) groups excluding carboxylic acids is 1. The van der Waals surface area contributed by atoms with Crippen LogP contribution in [0.15, 0.2) is 60.7 Å². The highest BCUT2D eigenvalue weighted by Crippen LogP contribution is 2.43. The van der Waals surface area contributed by atoms with E-state index in [-0.39, 0.29) is 11.5 Å². The van der Waals surface area contributed by atoms with E-state index in [4.69, 9.17) is 42.9 Å². The molecule has 168 valence electrons. The number of hydrogen-bond donors (Lipinski definition) is 3. The van der Waals surface area contributed by atoms with Gasteiger partial charge in [0, 0.05) is 11.6 Å². The van der Waals surface area contributed by atoms with E-state index in [0.717, 1.165) is 11.3 Å². The summed E-state index contributed by atoms with van der Waals surface area (Å²) in [7, 11) is 0. The number of nitro benzene ring substituents is 1. The number of anilines is 2. The molecule has 1 aliphatic heterocycles. The van der Waals surface area contributed by atoms with Crippen molar-refractivity contribution in [1.82, 2.24) is 0 Å². The number of allylic oxidation sites excluding steroid dienone is 1. The molecule has 3 aromatic carbocycles. The first-order chi connectivity index (χ1) is 15.6. The Kier molecular flexibility index (Phi) is 7.17. The molecular weight excluding hydrogens is 475 g/mol.